The molecule has 3 nitrogen and oxygen atoms in total. The molecular formula is C11H16O3. The monoisotopic (exact) mass is 196 g/mol. The fourth-order valence-corrected chi connectivity index (χ4v) is 2.20. The Morgan fingerprint density at radius 3 is 2.86 bits per heavy atom. The molecule has 1 saturated carbocycles. The zero-order chi connectivity index (χ0) is 9.97. The molecule has 1 saturated heterocycles. The van der Waals surface area contributed by atoms with Gasteiger partial charge in [-0.25, -0.2) is 0 Å². The predicted molar refractivity (Wildman–Crippen MR) is 50.6 cm³/mol. The van der Waals surface area contributed by atoms with E-state index >= 15 is 0 Å². The van der Waals surface area contributed by atoms with Crippen molar-refractivity contribution in [3.05, 3.63) is 0 Å². The molecule has 2 aliphatic rings. The highest BCUT2D eigenvalue weighted by atomic mass is 16.5. The first-order valence-electron chi connectivity index (χ1n) is 5.46. The van der Waals surface area contributed by atoms with Crippen molar-refractivity contribution < 1.29 is 14.3 Å². The van der Waals surface area contributed by atoms with Crippen LogP contribution in [0.2, 0.25) is 0 Å². The second kappa shape index (κ2) is 4.11. The number of hydrogen-bond donors (Lipinski definition) is 0. The van der Waals surface area contributed by atoms with Crippen molar-refractivity contribution in [3.63, 3.8) is 0 Å². The van der Waals surface area contributed by atoms with Crippen LogP contribution in [0.25, 0.3) is 0 Å². The lowest BCUT2D eigenvalue weighted by molar-refractivity contribution is -0.152. The molecular weight excluding hydrogens is 180 g/mol. The van der Waals surface area contributed by atoms with Crippen LogP contribution in [0.15, 0.2) is 0 Å². The molecule has 0 unspecified atom stereocenters. The molecule has 0 aromatic heterocycles. The average molecular weight is 196 g/mol. The molecule has 78 valence electrons. The number of cyclic esters (lactones) is 1. The van der Waals surface area contributed by atoms with E-state index in [9.17, 15) is 9.59 Å². The van der Waals surface area contributed by atoms with E-state index in [2.05, 4.69) is 0 Å². The number of aldehydes is 1. The van der Waals surface area contributed by atoms with Crippen LogP contribution in [0.4, 0.5) is 0 Å². The summed E-state index contributed by atoms with van der Waals surface area (Å²) < 4.78 is 5.35. The zero-order valence-electron chi connectivity index (χ0n) is 8.28. The summed E-state index contributed by atoms with van der Waals surface area (Å²) in [5.74, 6) is 0.410. The number of ether oxygens (including phenoxy) is 1. The molecule has 0 aromatic carbocycles. The highest BCUT2D eigenvalue weighted by Crippen LogP contribution is 2.42. The number of carbonyl (C=O) groups excluding carboxylic acids is 2. The van der Waals surface area contributed by atoms with Crippen molar-refractivity contribution >= 4 is 12.3 Å². The predicted octanol–water partition coefficient (Wildman–Crippen LogP) is 1.70. The molecule has 0 N–H and O–H groups in total. The quantitative estimate of drug-likeness (QED) is 0.498. The van der Waals surface area contributed by atoms with Crippen molar-refractivity contribution in [2.45, 2.75) is 44.6 Å². The molecule has 2 fully saturated rings. The van der Waals surface area contributed by atoms with E-state index in [0.29, 0.717) is 12.3 Å². The van der Waals surface area contributed by atoms with Crippen LogP contribution in [0, 0.1) is 11.8 Å². The highest BCUT2D eigenvalue weighted by Gasteiger charge is 2.44. The van der Waals surface area contributed by atoms with Gasteiger partial charge in [-0.1, -0.05) is 6.42 Å². The Balaban J connectivity index is 1.89. The Hall–Kier alpha value is -0.860. The lowest BCUT2D eigenvalue weighted by atomic mass is 10.0. The summed E-state index contributed by atoms with van der Waals surface area (Å²) in [6.45, 7) is 0. The van der Waals surface area contributed by atoms with Crippen LogP contribution < -0.4 is 0 Å². The van der Waals surface area contributed by atoms with Gasteiger partial charge in [0.05, 0.1) is 0 Å². The van der Waals surface area contributed by atoms with Gasteiger partial charge >= 0.3 is 5.97 Å². The smallest absolute Gasteiger partial charge is 0.306 e. The maximum absolute atomic E-state index is 11.3. The maximum atomic E-state index is 11.3. The van der Waals surface area contributed by atoms with Crippen LogP contribution in [-0.4, -0.2) is 18.4 Å². The number of hydrogen-bond acceptors (Lipinski definition) is 3. The van der Waals surface area contributed by atoms with Crippen molar-refractivity contribution in [3.8, 4) is 0 Å². The Kier molecular flexibility index (Phi) is 2.85. The Morgan fingerprint density at radius 2 is 2.14 bits per heavy atom. The van der Waals surface area contributed by atoms with Crippen molar-refractivity contribution in [2.75, 3.05) is 0 Å². The summed E-state index contributed by atoms with van der Waals surface area (Å²) in [5.41, 5.74) is 0. The molecule has 0 spiro atoms. The lowest BCUT2D eigenvalue weighted by Crippen LogP contribution is -2.23. The molecule has 0 aromatic rings. The van der Waals surface area contributed by atoms with E-state index in [0.717, 1.165) is 38.4 Å². The summed E-state index contributed by atoms with van der Waals surface area (Å²) >= 11 is 0. The van der Waals surface area contributed by atoms with Crippen molar-refractivity contribution in [1.29, 1.82) is 0 Å². The highest BCUT2D eigenvalue weighted by molar-refractivity contribution is 5.69. The summed E-state index contributed by atoms with van der Waals surface area (Å²) in [5, 5.41) is 0. The second-order valence-electron chi connectivity index (χ2n) is 4.33. The molecule has 14 heavy (non-hydrogen) atoms. The number of carbonyl (C=O) groups is 2. The van der Waals surface area contributed by atoms with Crippen LogP contribution >= 0.6 is 0 Å². The van der Waals surface area contributed by atoms with Gasteiger partial charge in [0.15, 0.2) is 0 Å². The standard InChI is InChI=1S/C11H16O3/c12-7-8-6-9(8)10-4-2-1-3-5-11(13)14-10/h7-10H,1-6H2/t8-,9+,10-/m0/s1. The third-order valence-electron chi connectivity index (χ3n) is 3.20. The summed E-state index contributed by atoms with van der Waals surface area (Å²) in [7, 11) is 0. The fraction of sp³-hybridized carbons (Fsp3) is 0.818. The van der Waals surface area contributed by atoms with Crippen LogP contribution in [0.3, 0.4) is 0 Å². The minimum Gasteiger partial charge on any atom is -0.462 e. The minimum atomic E-state index is -0.0775. The van der Waals surface area contributed by atoms with Crippen molar-refractivity contribution in [2.24, 2.45) is 11.8 Å². The molecule has 1 aliphatic carbocycles. The van der Waals surface area contributed by atoms with E-state index in [1.807, 2.05) is 0 Å². The summed E-state index contributed by atoms with van der Waals surface area (Å²) in [6, 6.07) is 0. The largest absolute Gasteiger partial charge is 0.462 e. The van der Waals surface area contributed by atoms with Crippen LogP contribution in [0.5, 0.6) is 0 Å². The minimum absolute atomic E-state index is 0.0259. The molecule has 3 heteroatoms. The van der Waals surface area contributed by atoms with E-state index in [4.69, 9.17) is 4.74 Å². The SMILES string of the molecule is O=C[C@@H]1C[C@H]1[C@@H]1CCCCCC(=O)O1. The molecule has 3 atom stereocenters. The first kappa shape index (κ1) is 9.69. The third kappa shape index (κ3) is 2.14. The van der Waals surface area contributed by atoms with Gasteiger partial charge < -0.3 is 9.53 Å². The first-order chi connectivity index (χ1) is 6.81. The van der Waals surface area contributed by atoms with E-state index in [-0.39, 0.29) is 18.0 Å². The van der Waals surface area contributed by atoms with Gasteiger partial charge in [-0.05, 0) is 25.7 Å². The molecule has 1 heterocycles. The lowest BCUT2D eigenvalue weighted by Gasteiger charge is -2.20. The average Bonchev–Trinajstić information content (AvgIpc) is 2.90. The molecule has 0 amide bonds. The summed E-state index contributed by atoms with van der Waals surface area (Å²) in [6.07, 6.45) is 6.63. The Morgan fingerprint density at radius 1 is 1.29 bits per heavy atom. The maximum Gasteiger partial charge on any atom is 0.306 e. The van der Waals surface area contributed by atoms with Crippen LogP contribution in [-0.2, 0) is 14.3 Å². The van der Waals surface area contributed by atoms with Gasteiger partial charge in [0.1, 0.15) is 12.4 Å². The molecule has 0 radical (unpaired) electrons. The number of rotatable bonds is 2. The topological polar surface area (TPSA) is 43.4 Å². The van der Waals surface area contributed by atoms with Gasteiger partial charge in [0.25, 0.3) is 0 Å². The van der Waals surface area contributed by atoms with Crippen molar-refractivity contribution in [1.82, 2.24) is 0 Å². The van der Waals surface area contributed by atoms with E-state index in [1.54, 1.807) is 0 Å². The summed E-state index contributed by atoms with van der Waals surface area (Å²) in [4.78, 5) is 21.8. The van der Waals surface area contributed by atoms with Gasteiger partial charge in [-0.3, -0.25) is 4.79 Å². The normalized spacial score (nSPS) is 38.0. The number of esters is 1. The van der Waals surface area contributed by atoms with Gasteiger partial charge in [-0.15, -0.1) is 0 Å². The molecule has 0 bridgehead atoms. The van der Waals surface area contributed by atoms with Gasteiger partial charge in [-0.2, -0.15) is 0 Å². The zero-order valence-corrected chi connectivity index (χ0v) is 8.28. The van der Waals surface area contributed by atoms with Gasteiger partial charge in [0, 0.05) is 18.3 Å². The first-order valence-corrected chi connectivity index (χ1v) is 5.46. The molecule has 1 aliphatic heterocycles. The second-order valence-corrected chi connectivity index (χ2v) is 4.33. The Labute approximate surface area is 83.8 Å². The van der Waals surface area contributed by atoms with Crippen LogP contribution in [0.1, 0.15) is 38.5 Å². The fourth-order valence-electron chi connectivity index (χ4n) is 2.20. The van der Waals surface area contributed by atoms with E-state index < -0.39 is 0 Å². The molecule has 2 rings (SSSR count). The van der Waals surface area contributed by atoms with Gasteiger partial charge in [0.2, 0.25) is 0 Å². The van der Waals surface area contributed by atoms with E-state index in [1.165, 1.54) is 0 Å². The third-order valence-corrected chi connectivity index (χ3v) is 3.20. The Bertz CT molecular complexity index is 237.